The normalized spacial score (nSPS) is 18.5. The van der Waals surface area contributed by atoms with Gasteiger partial charge in [0.1, 0.15) is 5.82 Å². The van der Waals surface area contributed by atoms with Gasteiger partial charge in [-0.2, -0.15) is 0 Å². The summed E-state index contributed by atoms with van der Waals surface area (Å²) in [4.78, 5) is 30.2. The second kappa shape index (κ2) is 10.3. The van der Waals surface area contributed by atoms with Crippen molar-refractivity contribution in [2.75, 3.05) is 26.2 Å². The van der Waals surface area contributed by atoms with Gasteiger partial charge in [-0.05, 0) is 43.9 Å². The van der Waals surface area contributed by atoms with Crippen molar-refractivity contribution < 1.29 is 14.0 Å². The zero-order valence-electron chi connectivity index (χ0n) is 18.7. The van der Waals surface area contributed by atoms with E-state index in [0.717, 1.165) is 31.2 Å². The van der Waals surface area contributed by atoms with Gasteiger partial charge < -0.3 is 10.2 Å². The van der Waals surface area contributed by atoms with Crippen LogP contribution in [0.2, 0.25) is 0 Å². The minimum atomic E-state index is -0.298. The van der Waals surface area contributed by atoms with Crippen LogP contribution in [0.4, 0.5) is 4.39 Å². The van der Waals surface area contributed by atoms with Gasteiger partial charge in [-0.15, -0.1) is 0 Å². The van der Waals surface area contributed by atoms with Crippen LogP contribution in [0.1, 0.15) is 47.2 Å². The van der Waals surface area contributed by atoms with Crippen LogP contribution in [-0.4, -0.2) is 53.8 Å². The minimum absolute atomic E-state index is 0.0291. The molecule has 4 rings (SSSR count). The van der Waals surface area contributed by atoms with Crippen LogP contribution in [0.3, 0.4) is 0 Å². The Morgan fingerprint density at radius 1 is 1.03 bits per heavy atom. The Balaban J connectivity index is 1.40. The highest BCUT2D eigenvalue weighted by Gasteiger charge is 2.37. The summed E-state index contributed by atoms with van der Waals surface area (Å²) < 4.78 is 14.0. The summed E-state index contributed by atoms with van der Waals surface area (Å²) in [7, 11) is 0. The van der Waals surface area contributed by atoms with E-state index in [9.17, 15) is 14.0 Å². The number of carbonyl (C=O) groups is 2. The van der Waals surface area contributed by atoms with Crippen molar-refractivity contribution in [2.24, 2.45) is 5.92 Å². The molecular weight excluding hydrogens is 405 g/mol. The molecule has 1 saturated heterocycles. The van der Waals surface area contributed by atoms with Crippen molar-refractivity contribution in [1.29, 1.82) is 0 Å². The molecule has 1 atom stereocenters. The fraction of sp³-hybridized carbons (Fsp3) is 0.462. The van der Waals surface area contributed by atoms with Crippen molar-refractivity contribution in [3.8, 4) is 0 Å². The number of amides is 2. The molecule has 0 radical (unpaired) electrons. The number of piperazine rings is 1. The first-order valence-electron chi connectivity index (χ1n) is 11.6. The molecule has 0 bridgehead atoms. The van der Waals surface area contributed by atoms with Gasteiger partial charge >= 0.3 is 0 Å². The van der Waals surface area contributed by atoms with Crippen molar-refractivity contribution in [2.45, 2.75) is 45.2 Å². The SMILES string of the molecule is Cc1cccc(C(=O)N2CCN(C(C(=O)NCc3ccccc3F)C3CCCC3)CC2)c1. The summed E-state index contributed by atoms with van der Waals surface area (Å²) >= 11 is 0. The second-order valence-electron chi connectivity index (χ2n) is 9.00. The van der Waals surface area contributed by atoms with Crippen molar-refractivity contribution in [1.82, 2.24) is 15.1 Å². The Kier molecular flexibility index (Phi) is 7.20. The predicted octanol–water partition coefficient (Wildman–Crippen LogP) is 3.77. The Hall–Kier alpha value is -2.73. The lowest BCUT2D eigenvalue weighted by Gasteiger charge is -2.40. The molecule has 1 unspecified atom stereocenters. The highest BCUT2D eigenvalue weighted by Crippen LogP contribution is 2.31. The van der Waals surface area contributed by atoms with E-state index in [1.165, 1.54) is 6.07 Å². The van der Waals surface area contributed by atoms with Crippen LogP contribution in [0.5, 0.6) is 0 Å². The number of halogens is 1. The van der Waals surface area contributed by atoms with E-state index in [1.807, 2.05) is 36.1 Å². The number of nitrogens with zero attached hydrogens (tertiary/aromatic N) is 2. The van der Waals surface area contributed by atoms with E-state index in [-0.39, 0.29) is 30.2 Å². The molecule has 2 aromatic carbocycles. The topological polar surface area (TPSA) is 52.7 Å². The number of carbonyl (C=O) groups excluding carboxylic acids is 2. The monoisotopic (exact) mass is 437 g/mol. The number of rotatable bonds is 6. The zero-order chi connectivity index (χ0) is 22.5. The van der Waals surface area contributed by atoms with Gasteiger partial charge in [-0.1, -0.05) is 48.7 Å². The molecule has 170 valence electrons. The summed E-state index contributed by atoms with van der Waals surface area (Å²) in [6.07, 6.45) is 4.38. The average molecular weight is 438 g/mol. The molecule has 1 aliphatic carbocycles. The van der Waals surface area contributed by atoms with Crippen LogP contribution >= 0.6 is 0 Å². The van der Waals surface area contributed by atoms with Crippen LogP contribution in [0.25, 0.3) is 0 Å². The van der Waals surface area contributed by atoms with Crippen molar-refractivity contribution in [3.05, 3.63) is 71.0 Å². The molecule has 32 heavy (non-hydrogen) atoms. The lowest BCUT2D eigenvalue weighted by atomic mass is 9.94. The van der Waals surface area contributed by atoms with Gasteiger partial charge in [0.15, 0.2) is 0 Å². The largest absolute Gasteiger partial charge is 0.351 e. The maximum atomic E-state index is 14.0. The van der Waals surface area contributed by atoms with Crippen LogP contribution in [-0.2, 0) is 11.3 Å². The molecule has 2 aromatic rings. The number of hydrogen-bond donors (Lipinski definition) is 1. The highest BCUT2D eigenvalue weighted by atomic mass is 19.1. The minimum Gasteiger partial charge on any atom is -0.351 e. The summed E-state index contributed by atoms with van der Waals surface area (Å²) in [5, 5.41) is 2.98. The maximum Gasteiger partial charge on any atom is 0.253 e. The third-order valence-corrected chi connectivity index (χ3v) is 6.79. The van der Waals surface area contributed by atoms with Gasteiger partial charge in [-0.25, -0.2) is 4.39 Å². The molecule has 6 heteroatoms. The number of nitrogens with one attached hydrogen (secondary N) is 1. The Bertz CT molecular complexity index is 950. The summed E-state index contributed by atoms with van der Waals surface area (Å²) in [5.74, 6) is 0.0384. The third kappa shape index (κ3) is 5.18. The van der Waals surface area contributed by atoms with E-state index < -0.39 is 0 Å². The number of aryl methyl sites for hydroxylation is 1. The van der Waals surface area contributed by atoms with E-state index in [4.69, 9.17) is 0 Å². The van der Waals surface area contributed by atoms with Crippen molar-refractivity contribution in [3.63, 3.8) is 0 Å². The lowest BCUT2D eigenvalue weighted by Crippen LogP contribution is -2.57. The van der Waals surface area contributed by atoms with E-state index in [1.54, 1.807) is 18.2 Å². The lowest BCUT2D eigenvalue weighted by molar-refractivity contribution is -0.129. The third-order valence-electron chi connectivity index (χ3n) is 6.79. The van der Waals surface area contributed by atoms with Crippen molar-refractivity contribution >= 4 is 11.8 Å². The number of benzene rings is 2. The molecule has 2 aliphatic rings. The Morgan fingerprint density at radius 3 is 2.44 bits per heavy atom. The first-order valence-corrected chi connectivity index (χ1v) is 11.6. The predicted molar refractivity (Wildman–Crippen MR) is 123 cm³/mol. The molecule has 1 N–H and O–H groups in total. The van der Waals surface area contributed by atoms with Crippen LogP contribution < -0.4 is 5.32 Å². The zero-order valence-corrected chi connectivity index (χ0v) is 18.7. The molecule has 2 fully saturated rings. The number of hydrogen-bond acceptors (Lipinski definition) is 3. The summed E-state index contributed by atoms with van der Waals surface area (Å²) in [6, 6.07) is 14.0. The molecule has 1 heterocycles. The second-order valence-corrected chi connectivity index (χ2v) is 9.00. The van der Waals surface area contributed by atoms with Gasteiger partial charge in [0.25, 0.3) is 5.91 Å². The van der Waals surface area contributed by atoms with Crippen LogP contribution in [0.15, 0.2) is 48.5 Å². The summed E-state index contributed by atoms with van der Waals surface area (Å²) in [5.41, 5.74) is 2.29. The fourth-order valence-electron chi connectivity index (χ4n) is 5.04. The first-order chi connectivity index (χ1) is 15.5. The Labute approximate surface area is 189 Å². The standard InChI is InChI=1S/C26H32FN3O2/c1-19-7-6-11-21(17-19)26(32)30-15-13-29(14-16-30)24(20-8-2-3-9-20)25(31)28-18-22-10-4-5-12-23(22)27/h4-7,10-12,17,20,24H,2-3,8-9,13-16,18H2,1H3,(H,28,31). The fourth-order valence-corrected chi connectivity index (χ4v) is 5.04. The molecule has 2 amide bonds. The quantitative estimate of drug-likeness (QED) is 0.749. The average Bonchev–Trinajstić information content (AvgIpc) is 3.33. The van der Waals surface area contributed by atoms with Gasteiger partial charge in [0.2, 0.25) is 5.91 Å². The molecule has 0 aromatic heterocycles. The van der Waals surface area contributed by atoms with Gasteiger partial charge in [0, 0.05) is 43.9 Å². The summed E-state index contributed by atoms with van der Waals surface area (Å²) in [6.45, 7) is 4.74. The molecule has 1 aliphatic heterocycles. The van der Waals surface area contributed by atoms with Crippen LogP contribution in [0, 0.1) is 18.7 Å². The van der Waals surface area contributed by atoms with E-state index in [2.05, 4.69) is 10.2 Å². The Morgan fingerprint density at radius 2 is 1.75 bits per heavy atom. The molecule has 1 saturated carbocycles. The molecule has 5 nitrogen and oxygen atoms in total. The smallest absolute Gasteiger partial charge is 0.253 e. The van der Waals surface area contributed by atoms with Gasteiger partial charge in [0.05, 0.1) is 6.04 Å². The molecular formula is C26H32FN3O2. The molecule has 0 spiro atoms. The first kappa shape index (κ1) is 22.5. The maximum absolute atomic E-state index is 14.0. The van der Waals surface area contributed by atoms with E-state index >= 15 is 0 Å². The van der Waals surface area contributed by atoms with E-state index in [0.29, 0.717) is 43.2 Å². The van der Waals surface area contributed by atoms with Gasteiger partial charge in [-0.3, -0.25) is 14.5 Å². The highest BCUT2D eigenvalue weighted by molar-refractivity contribution is 5.94.